The molecule has 0 aliphatic heterocycles. The Kier molecular flexibility index (Phi) is 5.35. The predicted octanol–water partition coefficient (Wildman–Crippen LogP) is 3.39. The lowest BCUT2D eigenvalue weighted by Crippen LogP contribution is -2.51. The molecule has 6 heteroatoms. The van der Waals surface area contributed by atoms with E-state index < -0.39 is 0 Å². The van der Waals surface area contributed by atoms with Crippen molar-refractivity contribution < 1.29 is 10.0 Å². The van der Waals surface area contributed by atoms with E-state index in [0.29, 0.717) is 22.5 Å². The summed E-state index contributed by atoms with van der Waals surface area (Å²) in [6, 6.07) is 5.08. The minimum Gasteiger partial charge on any atom is -0.394 e. The first-order chi connectivity index (χ1) is 9.96. The predicted molar refractivity (Wildman–Crippen MR) is 85.1 cm³/mol. The van der Waals surface area contributed by atoms with Crippen LogP contribution < -0.4 is 5.32 Å². The van der Waals surface area contributed by atoms with E-state index in [-0.39, 0.29) is 22.8 Å². The second-order valence-corrected chi connectivity index (χ2v) is 6.94. The Morgan fingerprint density at radius 1 is 1.57 bits per heavy atom. The average Bonchev–Trinajstić information content (AvgIpc) is 2.46. The zero-order chi connectivity index (χ0) is 15.5. The van der Waals surface area contributed by atoms with E-state index in [2.05, 4.69) is 28.2 Å². The lowest BCUT2D eigenvalue weighted by atomic mass is 9.76. The van der Waals surface area contributed by atoms with Gasteiger partial charge in [0, 0.05) is 28.2 Å². The number of nitrogens with zero attached hydrogens (tertiary/aromatic N) is 1. The molecule has 2 unspecified atom stereocenters. The van der Waals surface area contributed by atoms with Gasteiger partial charge in [-0.3, -0.25) is 10.1 Å². The molecule has 1 fully saturated rings. The van der Waals surface area contributed by atoms with E-state index in [9.17, 15) is 15.2 Å². The molecule has 0 amide bonds. The number of nitro benzene ring substituents is 1. The van der Waals surface area contributed by atoms with E-state index in [0.717, 1.165) is 19.3 Å². The molecule has 0 saturated heterocycles. The van der Waals surface area contributed by atoms with Gasteiger partial charge in [0.25, 0.3) is 5.69 Å². The molecular weight excluding hydrogens is 336 g/mol. The van der Waals surface area contributed by atoms with Gasteiger partial charge in [-0.15, -0.1) is 0 Å². The van der Waals surface area contributed by atoms with Crippen LogP contribution in [0, 0.1) is 16.0 Å². The Labute approximate surface area is 133 Å². The van der Waals surface area contributed by atoms with Crippen molar-refractivity contribution in [2.75, 3.05) is 6.61 Å². The van der Waals surface area contributed by atoms with E-state index >= 15 is 0 Å². The molecule has 0 heterocycles. The van der Waals surface area contributed by atoms with Gasteiger partial charge in [0.15, 0.2) is 0 Å². The van der Waals surface area contributed by atoms with Gasteiger partial charge >= 0.3 is 0 Å². The summed E-state index contributed by atoms with van der Waals surface area (Å²) in [6.07, 6.45) is 4.09. The Morgan fingerprint density at radius 3 is 2.95 bits per heavy atom. The van der Waals surface area contributed by atoms with Crippen LogP contribution in [0.25, 0.3) is 0 Å². The molecule has 116 valence electrons. The lowest BCUT2D eigenvalue weighted by molar-refractivity contribution is -0.385. The summed E-state index contributed by atoms with van der Waals surface area (Å²) in [5.74, 6) is 0.568. The summed E-state index contributed by atoms with van der Waals surface area (Å²) in [4.78, 5) is 10.8. The molecular formula is C15H21BrN2O3. The number of aliphatic hydroxyl groups is 1. The number of aliphatic hydroxyl groups excluding tert-OH is 1. The van der Waals surface area contributed by atoms with E-state index in [1.807, 2.05) is 0 Å². The van der Waals surface area contributed by atoms with Crippen LogP contribution in [0.15, 0.2) is 22.7 Å². The molecule has 1 aromatic rings. The molecule has 1 aliphatic carbocycles. The van der Waals surface area contributed by atoms with Crippen LogP contribution in [0.1, 0.15) is 38.2 Å². The maximum Gasteiger partial charge on any atom is 0.275 e. The Bertz CT molecular complexity index is 524. The second-order valence-electron chi connectivity index (χ2n) is 6.02. The van der Waals surface area contributed by atoms with Crippen LogP contribution in [0.5, 0.6) is 0 Å². The first-order valence-corrected chi connectivity index (χ1v) is 8.04. The molecule has 1 aliphatic rings. The lowest BCUT2D eigenvalue weighted by Gasteiger charge is -2.39. The highest BCUT2D eigenvalue weighted by Crippen LogP contribution is 2.33. The van der Waals surface area contributed by atoms with Crippen molar-refractivity contribution in [1.82, 2.24) is 5.32 Å². The summed E-state index contributed by atoms with van der Waals surface area (Å²) in [5, 5.41) is 24.3. The number of benzene rings is 1. The van der Waals surface area contributed by atoms with Crippen molar-refractivity contribution in [2.45, 2.75) is 44.7 Å². The monoisotopic (exact) mass is 356 g/mol. The molecule has 2 N–H and O–H groups in total. The Hall–Kier alpha value is -0.980. The highest BCUT2D eigenvalue weighted by Gasteiger charge is 2.34. The summed E-state index contributed by atoms with van der Waals surface area (Å²) >= 11 is 3.26. The van der Waals surface area contributed by atoms with E-state index in [4.69, 9.17) is 0 Å². The zero-order valence-electron chi connectivity index (χ0n) is 12.1. The first-order valence-electron chi connectivity index (χ1n) is 7.24. The van der Waals surface area contributed by atoms with Gasteiger partial charge in [-0.1, -0.05) is 35.7 Å². The largest absolute Gasteiger partial charge is 0.394 e. The molecule has 2 rings (SSSR count). The van der Waals surface area contributed by atoms with Crippen molar-refractivity contribution in [3.05, 3.63) is 38.3 Å². The van der Waals surface area contributed by atoms with Crippen molar-refractivity contribution >= 4 is 21.6 Å². The molecule has 0 aromatic heterocycles. The molecule has 1 saturated carbocycles. The van der Waals surface area contributed by atoms with E-state index in [1.54, 1.807) is 12.1 Å². The third kappa shape index (κ3) is 4.02. The van der Waals surface area contributed by atoms with Gasteiger partial charge in [-0.05, 0) is 30.9 Å². The van der Waals surface area contributed by atoms with Crippen molar-refractivity contribution in [3.63, 3.8) is 0 Å². The van der Waals surface area contributed by atoms with Gasteiger partial charge in [0.1, 0.15) is 0 Å². The van der Waals surface area contributed by atoms with Crippen LogP contribution >= 0.6 is 15.9 Å². The van der Waals surface area contributed by atoms with Crippen LogP contribution in [0.4, 0.5) is 5.69 Å². The third-order valence-corrected chi connectivity index (χ3v) is 4.79. The van der Waals surface area contributed by atoms with Crippen molar-refractivity contribution in [1.29, 1.82) is 0 Å². The van der Waals surface area contributed by atoms with Crippen molar-refractivity contribution in [3.8, 4) is 0 Å². The van der Waals surface area contributed by atoms with Gasteiger partial charge in [0.05, 0.1) is 11.5 Å². The van der Waals surface area contributed by atoms with E-state index in [1.165, 1.54) is 12.5 Å². The molecule has 0 spiro atoms. The number of halogens is 1. The summed E-state index contributed by atoms with van der Waals surface area (Å²) in [5.41, 5.74) is 0.446. The van der Waals surface area contributed by atoms with Gasteiger partial charge in [0.2, 0.25) is 0 Å². The minimum atomic E-state index is -0.364. The summed E-state index contributed by atoms with van der Waals surface area (Å²) in [7, 11) is 0. The molecule has 21 heavy (non-hydrogen) atoms. The fraction of sp³-hybridized carbons (Fsp3) is 0.600. The fourth-order valence-electron chi connectivity index (χ4n) is 3.16. The standard InChI is InChI=1S/C15H21BrN2O3/c1-11-3-2-6-15(8-11,10-19)17-9-12-4-5-13(16)7-14(12)18(20)21/h4-5,7,11,17,19H,2-3,6,8-10H2,1H3. The molecule has 2 atom stereocenters. The minimum absolute atomic E-state index is 0.0711. The highest BCUT2D eigenvalue weighted by atomic mass is 79.9. The SMILES string of the molecule is CC1CCCC(CO)(NCc2ccc(Br)cc2[N+](=O)[O-])C1. The van der Waals surface area contributed by atoms with Gasteiger partial charge in [-0.2, -0.15) is 0 Å². The number of nitro groups is 1. The number of rotatable bonds is 5. The smallest absolute Gasteiger partial charge is 0.275 e. The fourth-order valence-corrected chi connectivity index (χ4v) is 3.51. The topological polar surface area (TPSA) is 75.4 Å². The number of hydrogen-bond acceptors (Lipinski definition) is 4. The van der Waals surface area contributed by atoms with Crippen LogP contribution in [0.3, 0.4) is 0 Å². The maximum absolute atomic E-state index is 11.1. The Balaban J connectivity index is 2.13. The average molecular weight is 357 g/mol. The van der Waals surface area contributed by atoms with Crippen LogP contribution in [0.2, 0.25) is 0 Å². The van der Waals surface area contributed by atoms with Gasteiger partial charge in [-0.25, -0.2) is 0 Å². The van der Waals surface area contributed by atoms with Crippen LogP contribution in [-0.4, -0.2) is 22.2 Å². The number of nitrogens with one attached hydrogen (secondary N) is 1. The maximum atomic E-state index is 11.1. The van der Waals surface area contributed by atoms with Crippen LogP contribution in [-0.2, 0) is 6.54 Å². The number of hydrogen-bond donors (Lipinski definition) is 2. The Morgan fingerprint density at radius 2 is 2.33 bits per heavy atom. The van der Waals surface area contributed by atoms with Gasteiger partial charge < -0.3 is 10.4 Å². The highest BCUT2D eigenvalue weighted by molar-refractivity contribution is 9.10. The quantitative estimate of drug-likeness (QED) is 0.626. The molecule has 0 radical (unpaired) electrons. The summed E-state index contributed by atoms with van der Waals surface area (Å²) in [6.45, 7) is 2.66. The summed E-state index contributed by atoms with van der Waals surface area (Å²) < 4.78 is 0.695. The second kappa shape index (κ2) is 6.85. The van der Waals surface area contributed by atoms with Crippen molar-refractivity contribution in [2.24, 2.45) is 5.92 Å². The molecule has 5 nitrogen and oxygen atoms in total. The molecule has 1 aromatic carbocycles. The third-order valence-electron chi connectivity index (χ3n) is 4.29. The zero-order valence-corrected chi connectivity index (χ0v) is 13.7. The first kappa shape index (κ1) is 16.4. The molecule has 0 bridgehead atoms. The normalized spacial score (nSPS) is 25.8.